The summed E-state index contributed by atoms with van der Waals surface area (Å²) in [6, 6.07) is 7.66. The molecule has 8 nitrogen and oxygen atoms in total. The minimum Gasteiger partial charge on any atom is -0.356 e. The van der Waals surface area contributed by atoms with Gasteiger partial charge in [-0.3, -0.25) is 9.59 Å². The number of ether oxygens (including phenoxy) is 1. The minimum atomic E-state index is -4.62. The average molecular weight is 423 g/mol. The first-order chi connectivity index (χ1) is 14.2. The number of carbonyl (C=O) groups is 2. The third kappa shape index (κ3) is 3.32. The summed E-state index contributed by atoms with van der Waals surface area (Å²) in [6.07, 6.45) is -5.60. The van der Waals surface area contributed by atoms with Gasteiger partial charge < -0.3 is 19.1 Å². The largest absolute Gasteiger partial charge is 0.451 e. The van der Waals surface area contributed by atoms with Gasteiger partial charge >= 0.3 is 6.18 Å². The molecule has 0 radical (unpaired) electrons. The zero-order chi connectivity index (χ0) is 21.6. The molecule has 1 saturated heterocycles. The van der Waals surface area contributed by atoms with Crippen molar-refractivity contribution in [3.63, 3.8) is 0 Å². The van der Waals surface area contributed by atoms with Crippen LogP contribution in [0, 0.1) is 0 Å². The van der Waals surface area contributed by atoms with E-state index in [2.05, 4.69) is 10.2 Å². The zero-order valence-electron chi connectivity index (χ0n) is 16.3. The second kappa shape index (κ2) is 7.38. The molecule has 1 aromatic carbocycles. The van der Waals surface area contributed by atoms with Gasteiger partial charge in [-0.15, -0.1) is 10.2 Å². The Morgan fingerprint density at radius 3 is 2.53 bits per heavy atom. The van der Waals surface area contributed by atoms with E-state index in [1.54, 1.807) is 38.2 Å². The monoisotopic (exact) mass is 423 g/mol. The highest BCUT2D eigenvalue weighted by molar-refractivity contribution is 5.86. The lowest BCUT2D eigenvalue weighted by molar-refractivity contribution is -0.169. The molecule has 3 atom stereocenters. The van der Waals surface area contributed by atoms with E-state index < -0.39 is 36.1 Å². The molecule has 1 aromatic heterocycles. The maximum atomic E-state index is 13.4. The van der Waals surface area contributed by atoms with Crippen LogP contribution >= 0.6 is 0 Å². The number of hydrogen-bond acceptors (Lipinski definition) is 5. The van der Waals surface area contributed by atoms with E-state index in [0.29, 0.717) is 0 Å². The highest BCUT2D eigenvalue weighted by Gasteiger charge is 2.46. The topological polar surface area (TPSA) is 80.6 Å². The van der Waals surface area contributed by atoms with E-state index in [9.17, 15) is 22.8 Å². The minimum absolute atomic E-state index is 0.0488. The van der Waals surface area contributed by atoms with Crippen LogP contribution in [0.2, 0.25) is 0 Å². The first-order valence-electron chi connectivity index (χ1n) is 9.43. The number of carbonyl (C=O) groups excluding carboxylic acids is 2. The van der Waals surface area contributed by atoms with Crippen LogP contribution in [-0.4, -0.2) is 62.7 Å². The molecule has 2 aliphatic heterocycles. The highest BCUT2D eigenvalue weighted by Crippen LogP contribution is 2.35. The van der Waals surface area contributed by atoms with Crippen LogP contribution in [0.4, 0.5) is 13.2 Å². The van der Waals surface area contributed by atoms with Crippen LogP contribution in [-0.2, 0) is 27.0 Å². The molecule has 2 amide bonds. The van der Waals surface area contributed by atoms with Crippen molar-refractivity contribution in [2.75, 3.05) is 20.2 Å². The Bertz CT molecular complexity index is 962. The Morgan fingerprint density at radius 2 is 1.87 bits per heavy atom. The molecule has 0 aliphatic carbocycles. The number of rotatable bonds is 2. The lowest BCUT2D eigenvalue weighted by Gasteiger charge is -2.42. The summed E-state index contributed by atoms with van der Waals surface area (Å²) in [7, 11) is 1.61. The van der Waals surface area contributed by atoms with E-state index in [4.69, 9.17) is 4.74 Å². The second-order valence-corrected chi connectivity index (χ2v) is 7.33. The molecule has 0 N–H and O–H groups in total. The third-order valence-electron chi connectivity index (χ3n) is 5.59. The highest BCUT2D eigenvalue weighted by atomic mass is 19.4. The predicted molar refractivity (Wildman–Crippen MR) is 96.8 cm³/mol. The summed E-state index contributed by atoms with van der Waals surface area (Å²) in [5, 5.41) is 6.96. The summed E-state index contributed by atoms with van der Waals surface area (Å²) < 4.78 is 46.1. The summed E-state index contributed by atoms with van der Waals surface area (Å²) in [6.45, 7) is 1.33. The first-order valence-corrected chi connectivity index (χ1v) is 9.43. The maximum Gasteiger partial charge on any atom is 0.451 e. The van der Waals surface area contributed by atoms with Crippen molar-refractivity contribution in [3.05, 3.63) is 47.5 Å². The van der Waals surface area contributed by atoms with Crippen molar-refractivity contribution in [1.82, 2.24) is 24.6 Å². The second-order valence-electron chi connectivity index (χ2n) is 7.33. The number of benzene rings is 1. The predicted octanol–water partition coefficient (Wildman–Crippen LogP) is 1.80. The Morgan fingerprint density at radius 1 is 1.17 bits per heavy atom. The Balaban J connectivity index is 1.63. The molecule has 30 heavy (non-hydrogen) atoms. The van der Waals surface area contributed by atoms with Crippen molar-refractivity contribution in [1.29, 1.82) is 0 Å². The molecular weight excluding hydrogens is 403 g/mol. The fraction of sp³-hybridized carbons (Fsp3) is 0.474. The number of hydrogen-bond donors (Lipinski definition) is 0. The normalized spacial score (nSPS) is 24.7. The molecule has 4 rings (SSSR count). The molecule has 2 aliphatic rings. The third-order valence-corrected chi connectivity index (χ3v) is 5.59. The number of nitrogens with zero attached hydrogens (tertiary/aromatic N) is 5. The van der Waals surface area contributed by atoms with E-state index in [1.165, 1.54) is 9.80 Å². The average Bonchev–Trinajstić information content (AvgIpc) is 3.16. The van der Waals surface area contributed by atoms with Gasteiger partial charge in [-0.1, -0.05) is 30.3 Å². The van der Waals surface area contributed by atoms with Crippen LogP contribution < -0.4 is 0 Å². The Labute approximate surface area is 170 Å². The van der Waals surface area contributed by atoms with Gasteiger partial charge in [-0.2, -0.15) is 13.2 Å². The summed E-state index contributed by atoms with van der Waals surface area (Å²) in [4.78, 5) is 28.5. The van der Waals surface area contributed by atoms with Gasteiger partial charge in [0.25, 0.3) is 5.91 Å². The van der Waals surface area contributed by atoms with Gasteiger partial charge in [0, 0.05) is 20.1 Å². The van der Waals surface area contributed by atoms with Crippen molar-refractivity contribution in [2.45, 2.75) is 37.8 Å². The van der Waals surface area contributed by atoms with E-state index >= 15 is 0 Å². The van der Waals surface area contributed by atoms with Crippen molar-refractivity contribution in [3.8, 4) is 0 Å². The molecule has 1 fully saturated rings. The first kappa shape index (κ1) is 20.3. The van der Waals surface area contributed by atoms with E-state index in [-0.39, 0.29) is 31.4 Å². The molecule has 0 bridgehead atoms. The fourth-order valence-corrected chi connectivity index (χ4v) is 4.03. The fourth-order valence-electron chi connectivity index (χ4n) is 4.03. The van der Waals surface area contributed by atoms with Gasteiger partial charge in [0.1, 0.15) is 6.61 Å². The van der Waals surface area contributed by atoms with Crippen molar-refractivity contribution >= 4 is 11.8 Å². The van der Waals surface area contributed by atoms with Crippen LogP contribution in [0.15, 0.2) is 30.3 Å². The number of halogens is 3. The van der Waals surface area contributed by atoms with Crippen molar-refractivity contribution < 1.29 is 27.5 Å². The van der Waals surface area contributed by atoms with E-state index in [0.717, 1.165) is 10.1 Å². The van der Waals surface area contributed by atoms with Crippen LogP contribution in [0.25, 0.3) is 0 Å². The molecule has 11 heteroatoms. The number of aromatic nitrogens is 3. The molecule has 3 unspecified atom stereocenters. The number of likely N-dealkylation sites (N-methyl/N-ethyl adjacent to an activating group) is 1. The number of morpholine rings is 1. The smallest absolute Gasteiger partial charge is 0.356 e. The lowest BCUT2D eigenvalue weighted by Crippen LogP contribution is -2.55. The quantitative estimate of drug-likeness (QED) is 0.736. The molecule has 2 aromatic rings. The summed E-state index contributed by atoms with van der Waals surface area (Å²) >= 11 is 0. The molecular formula is C19H20F3N5O3. The standard InChI is InChI=1S/C19H20F3N5O3/c1-11-16-23-24-18(19(20,21)22)27(16)9-8-26(11)17(29)15-14(12-6-4-3-5-7-12)25(2)13(28)10-30-15/h3-7,11,14-15H,8-10H2,1-2H3. The van der Waals surface area contributed by atoms with Gasteiger partial charge in [-0.05, 0) is 12.5 Å². The van der Waals surface area contributed by atoms with Crippen LogP contribution in [0.1, 0.15) is 36.2 Å². The number of fused-ring (bicyclic) bond motifs is 1. The lowest BCUT2D eigenvalue weighted by atomic mass is 9.96. The summed E-state index contributed by atoms with van der Waals surface area (Å²) in [5.41, 5.74) is 0.735. The molecule has 160 valence electrons. The van der Waals surface area contributed by atoms with Crippen LogP contribution in [0.5, 0.6) is 0 Å². The van der Waals surface area contributed by atoms with Crippen molar-refractivity contribution in [2.24, 2.45) is 0 Å². The Hall–Kier alpha value is -2.95. The SMILES string of the molecule is CC1c2nnc(C(F)(F)F)n2CCN1C(=O)C1OCC(=O)N(C)C1c1ccccc1. The van der Waals surface area contributed by atoms with Gasteiger partial charge in [0.15, 0.2) is 11.9 Å². The van der Waals surface area contributed by atoms with Gasteiger partial charge in [0.05, 0.1) is 12.1 Å². The number of alkyl halides is 3. The molecule has 0 saturated carbocycles. The molecule has 0 spiro atoms. The van der Waals surface area contributed by atoms with Crippen LogP contribution in [0.3, 0.4) is 0 Å². The van der Waals surface area contributed by atoms with Gasteiger partial charge in [-0.25, -0.2) is 0 Å². The Kier molecular flexibility index (Phi) is 5.00. The maximum absolute atomic E-state index is 13.4. The zero-order valence-corrected chi connectivity index (χ0v) is 16.3. The molecule has 3 heterocycles. The number of amides is 2. The summed E-state index contributed by atoms with van der Waals surface area (Å²) in [5.74, 6) is -1.66. The van der Waals surface area contributed by atoms with E-state index in [1.807, 2.05) is 6.07 Å². The van der Waals surface area contributed by atoms with Gasteiger partial charge in [0.2, 0.25) is 11.7 Å².